The summed E-state index contributed by atoms with van der Waals surface area (Å²) in [7, 11) is 0. The van der Waals surface area contributed by atoms with Gasteiger partial charge in [-0.25, -0.2) is 4.79 Å². The van der Waals surface area contributed by atoms with Crippen LogP contribution < -0.4 is 0 Å². The second-order valence-corrected chi connectivity index (χ2v) is 4.28. The Kier molecular flexibility index (Phi) is 4.69. The Bertz CT molecular complexity index is 585. The lowest BCUT2D eigenvalue weighted by Crippen LogP contribution is -2.08. The first kappa shape index (κ1) is 14.0. The van der Waals surface area contributed by atoms with Crippen LogP contribution in [0.25, 0.3) is 5.57 Å². The molecule has 0 radical (unpaired) electrons. The monoisotopic (exact) mass is 268 g/mol. The third-order valence-corrected chi connectivity index (χ3v) is 2.92. The summed E-state index contributed by atoms with van der Waals surface area (Å²) in [6.07, 6.45) is 0. The van der Waals surface area contributed by atoms with Gasteiger partial charge in [0.2, 0.25) is 0 Å². The van der Waals surface area contributed by atoms with E-state index in [2.05, 4.69) is 6.58 Å². The molecule has 0 atom stereocenters. The van der Waals surface area contributed by atoms with Crippen molar-refractivity contribution in [3.05, 3.63) is 77.9 Å². The summed E-state index contributed by atoms with van der Waals surface area (Å²) in [5.74, 6) is -0.434. The molecule has 0 saturated carbocycles. The van der Waals surface area contributed by atoms with Gasteiger partial charge in [0.25, 0.3) is 0 Å². The third-order valence-electron chi connectivity index (χ3n) is 2.92. The molecule has 0 spiro atoms. The van der Waals surface area contributed by atoms with Crippen LogP contribution in [0, 0.1) is 0 Å². The molecule has 2 rings (SSSR count). The fraction of sp³-hybridized carbons (Fsp3) is 0.118. The van der Waals surface area contributed by atoms with E-state index in [0.29, 0.717) is 5.56 Å². The van der Waals surface area contributed by atoms with Gasteiger partial charge in [0.05, 0.1) is 12.2 Å². The molecule has 2 aromatic carbocycles. The zero-order valence-corrected chi connectivity index (χ0v) is 11.1. The van der Waals surface area contributed by atoms with E-state index in [-0.39, 0.29) is 13.2 Å². The Balaban J connectivity index is 2.12. The number of benzene rings is 2. The van der Waals surface area contributed by atoms with E-state index >= 15 is 0 Å². The minimum atomic E-state index is -0.434. The highest BCUT2D eigenvalue weighted by atomic mass is 16.5. The minimum absolute atomic E-state index is 0.0112. The van der Waals surface area contributed by atoms with Crippen LogP contribution in [0.4, 0.5) is 0 Å². The summed E-state index contributed by atoms with van der Waals surface area (Å²) in [6, 6.07) is 16.9. The molecule has 0 aromatic heterocycles. The van der Waals surface area contributed by atoms with Gasteiger partial charge in [0, 0.05) is 0 Å². The maximum absolute atomic E-state index is 11.6. The minimum Gasteiger partial charge on any atom is -0.460 e. The van der Waals surface area contributed by atoms with Gasteiger partial charge in [-0.1, -0.05) is 49.0 Å². The van der Waals surface area contributed by atoms with E-state index < -0.39 is 5.97 Å². The highest BCUT2D eigenvalue weighted by molar-refractivity contribution is 5.90. The SMILES string of the molecule is C=C(c1ccccc1)c1ccc(C(=O)OCCO)cc1. The smallest absolute Gasteiger partial charge is 0.338 e. The second-order valence-electron chi connectivity index (χ2n) is 4.28. The topological polar surface area (TPSA) is 46.5 Å². The van der Waals surface area contributed by atoms with Gasteiger partial charge in [-0.3, -0.25) is 0 Å². The van der Waals surface area contributed by atoms with Gasteiger partial charge in [0.1, 0.15) is 6.61 Å². The average Bonchev–Trinajstić information content (AvgIpc) is 2.53. The largest absolute Gasteiger partial charge is 0.460 e. The lowest BCUT2D eigenvalue weighted by molar-refractivity contribution is 0.0434. The maximum Gasteiger partial charge on any atom is 0.338 e. The van der Waals surface area contributed by atoms with E-state index in [9.17, 15) is 4.79 Å². The quantitative estimate of drug-likeness (QED) is 0.848. The second kappa shape index (κ2) is 6.68. The molecular formula is C17H16O3. The van der Waals surface area contributed by atoms with E-state index in [1.165, 1.54) is 0 Å². The predicted molar refractivity (Wildman–Crippen MR) is 78.4 cm³/mol. The van der Waals surface area contributed by atoms with Crippen LogP contribution >= 0.6 is 0 Å². The summed E-state index contributed by atoms with van der Waals surface area (Å²) in [6.45, 7) is 3.91. The van der Waals surface area contributed by atoms with Crippen molar-refractivity contribution in [3.63, 3.8) is 0 Å². The summed E-state index contributed by atoms with van der Waals surface area (Å²) in [5.41, 5.74) is 3.36. The van der Waals surface area contributed by atoms with Crippen LogP contribution in [0.15, 0.2) is 61.2 Å². The lowest BCUT2D eigenvalue weighted by atomic mass is 9.99. The van der Waals surface area contributed by atoms with E-state index in [0.717, 1.165) is 16.7 Å². The van der Waals surface area contributed by atoms with Gasteiger partial charge in [-0.15, -0.1) is 0 Å². The van der Waals surface area contributed by atoms with Crippen molar-refractivity contribution >= 4 is 11.5 Å². The molecular weight excluding hydrogens is 252 g/mol. The number of carbonyl (C=O) groups is 1. The Morgan fingerprint density at radius 3 is 2.10 bits per heavy atom. The molecule has 0 fully saturated rings. The molecule has 0 amide bonds. The Morgan fingerprint density at radius 2 is 1.50 bits per heavy atom. The van der Waals surface area contributed by atoms with Crippen molar-refractivity contribution in [2.75, 3.05) is 13.2 Å². The van der Waals surface area contributed by atoms with Crippen LogP contribution in [0.3, 0.4) is 0 Å². The van der Waals surface area contributed by atoms with Crippen molar-refractivity contribution < 1.29 is 14.6 Å². The highest BCUT2D eigenvalue weighted by Gasteiger charge is 2.08. The van der Waals surface area contributed by atoms with Crippen LogP contribution in [0.2, 0.25) is 0 Å². The molecule has 0 bridgehead atoms. The van der Waals surface area contributed by atoms with Crippen LogP contribution in [-0.2, 0) is 4.74 Å². The molecule has 102 valence electrons. The first-order chi connectivity index (χ1) is 9.72. The molecule has 20 heavy (non-hydrogen) atoms. The van der Waals surface area contributed by atoms with E-state index in [4.69, 9.17) is 9.84 Å². The normalized spacial score (nSPS) is 10.1. The Morgan fingerprint density at radius 1 is 0.950 bits per heavy atom. The van der Waals surface area contributed by atoms with Crippen molar-refractivity contribution in [1.82, 2.24) is 0 Å². The Hall–Kier alpha value is -2.39. The third kappa shape index (κ3) is 3.33. The van der Waals surface area contributed by atoms with Crippen molar-refractivity contribution in [2.24, 2.45) is 0 Å². The number of carbonyl (C=O) groups excluding carboxylic acids is 1. The van der Waals surface area contributed by atoms with Crippen molar-refractivity contribution in [2.45, 2.75) is 0 Å². The summed E-state index contributed by atoms with van der Waals surface area (Å²) < 4.78 is 4.85. The van der Waals surface area contributed by atoms with Crippen LogP contribution in [0.5, 0.6) is 0 Å². The number of esters is 1. The fourth-order valence-corrected chi connectivity index (χ4v) is 1.84. The number of hydrogen-bond acceptors (Lipinski definition) is 3. The van der Waals surface area contributed by atoms with Crippen LogP contribution in [-0.4, -0.2) is 24.3 Å². The lowest BCUT2D eigenvalue weighted by Gasteiger charge is -2.07. The predicted octanol–water partition coefficient (Wildman–Crippen LogP) is 2.90. The standard InChI is InChI=1S/C17H16O3/c1-13(14-5-3-2-4-6-14)15-7-9-16(10-8-15)17(19)20-12-11-18/h2-10,18H,1,11-12H2. The molecule has 2 aromatic rings. The maximum atomic E-state index is 11.6. The summed E-state index contributed by atoms with van der Waals surface area (Å²) in [4.78, 5) is 11.6. The molecule has 0 aliphatic carbocycles. The first-order valence-corrected chi connectivity index (χ1v) is 6.35. The average molecular weight is 268 g/mol. The van der Waals surface area contributed by atoms with E-state index in [1.807, 2.05) is 42.5 Å². The first-order valence-electron chi connectivity index (χ1n) is 6.35. The number of rotatable bonds is 5. The van der Waals surface area contributed by atoms with Gasteiger partial charge in [0.15, 0.2) is 0 Å². The number of aliphatic hydroxyl groups excluding tert-OH is 1. The molecule has 0 aliphatic rings. The molecule has 0 saturated heterocycles. The summed E-state index contributed by atoms with van der Waals surface area (Å²) >= 11 is 0. The van der Waals surface area contributed by atoms with E-state index in [1.54, 1.807) is 12.1 Å². The summed E-state index contributed by atoms with van der Waals surface area (Å²) in [5, 5.41) is 8.62. The molecule has 0 unspecified atom stereocenters. The van der Waals surface area contributed by atoms with Crippen LogP contribution in [0.1, 0.15) is 21.5 Å². The molecule has 3 heteroatoms. The molecule has 0 aliphatic heterocycles. The van der Waals surface area contributed by atoms with Gasteiger partial charge in [-0.05, 0) is 28.8 Å². The number of aliphatic hydroxyl groups is 1. The number of hydrogen-bond donors (Lipinski definition) is 1. The van der Waals surface area contributed by atoms with Crippen molar-refractivity contribution in [3.8, 4) is 0 Å². The van der Waals surface area contributed by atoms with Gasteiger partial charge < -0.3 is 9.84 Å². The van der Waals surface area contributed by atoms with Gasteiger partial charge >= 0.3 is 5.97 Å². The molecule has 3 nitrogen and oxygen atoms in total. The molecule has 0 heterocycles. The zero-order valence-electron chi connectivity index (χ0n) is 11.1. The fourth-order valence-electron chi connectivity index (χ4n) is 1.84. The molecule has 1 N–H and O–H groups in total. The van der Waals surface area contributed by atoms with Crippen molar-refractivity contribution in [1.29, 1.82) is 0 Å². The highest BCUT2D eigenvalue weighted by Crippen LogP contribution is 2.21. The Labute approximate surface area is 118 Å². The van der Waals surface area contributed by atoms with Gasteiger partial charge in [-0.2, -0.15) is 0 Å². The zero-order chi connectivity index (χ0) is 14.4. The number of ether oxygens (including phenoxy) is 1.